The molecule has 0 saturated heterocycles. The molecule has 0 spiro atoms. The van der Waals surface area contributed by atoms with Gasteiger partial charge in [0.2, 0.25) is 0 Å². The zero-order chi connectivity index (χ0) is 15.1. The molecule has 4 nitrogen and oxygen atoms in total. The van der Waals surface area contributed by atoms with Crippen LogP contribution in [0.1, 0.15) is 18.1 Å². The van der Waals surface area contributed by atoms with Crippen LogP contribution in [0.4, 0.5) is 0 Å². The summed E-state index contributed by atoms with van der Waals surface area (Å²) >= 11 is 0. The van der Waals surface area contributed by atoms with Gasteiger partial charge in [0.1, 0.15) is 5.75 Å². The highest BCUT2D eigenvalue weighted by Gasteiger charge is 2.04. The minimum absolute atomic E-state index is 0.228. The Labute approximate surface area is 124 Å². The van der Waals surface area contributed by atoms with Crippen LogP contribution in [-0.4, -0.2) is 25.0 Å². The molecule has 0 fully saturated rings. The van der Waals surface area contributed by atoms with Gasteiger partial charge in [-0.25, -0.2) is 0 Å². The van der Waals surface area contributed by atoms with E-state index in [9.17, 15) is 5.11 Å². The third-order valence-corrected chi connectivity index (χ3v) is 2.97. The van der Waals surface area contributed by atoms with Crippen LogP contribution in [0.2, 0.25) is 0 Å². The molecular weight excluding hydrogens is 266 g/mol. The first-order chi connectivity index (χ1) is 10.2. The second-order valence-electron chi connectivity index (χ2n) is 4.45. The number of hydrogen-bond acceptors (Lipinski definition) is 4. The van der Waals surface area contributed by atoms with Crippen molar-refractivity contribution in [1.82, 2.24) is 0 Å². The lowest BCUT2D eigenvalue weighted by Crippen LogP contribution is -1.96. The molecule has 0 amide bonds. The fourth-order valence-electron chi connectivity index (χ4n) is 1.93. The predicted octanol–water partition coefficient (Wildman–Crippen LogP) is 3.42. The predicted molar refractivity (Wildman–Crippen MR) is 83.6 cm³/mol. The first-order valence-electron chi connectivity index (χ1n) is 6.82. The van der Waals surface area contributed by atoms with E-state index >= 15 is 0 Å². The van der Waals surface area contributed by atoms with Gasteiger partial charge in [0, 0.05) is 11.8 Å². The van der Waals surface area contributed by atoms with E-state index in [1.165, 1.54) is 0 Å². The summed E-state index contributed by atoms with van der Waals surface area (Å²) in [5, 5.41) is 9.66. The molecule has 2 aromatic carbocycles. The maximum absolute atomic E-state index is 9.66. The fraction of sp³-hybridized carbons (Fsp3) is 0.235. The van der Waals surface area contributed by atoms with Gasteiger partial charge in [-0.2, -0.15) is 0 Å². The molecule has 0 radical (unpaired) electrons. The smallest absolute Gasteiger partial charge is 0.161 e. The van der Waals surface area contributed by atoms with Crippen LogP contribution in [0.25, 0.3) is 0 Å². The summed E-state index contributed by atoms with van der Waals surface area (Å²) in [5.41, 5.74) is 1.72. The zero-order valence-electron chi connectivity index (χ0n) is 12.2. The zero-order valence-corrected chi connectivity index (χ0v) is 12.2. The van der Waals surface area contributed by atoms with Gasteiger partial charge >= 0.3 is 0 Å². The molecule has 0 aliphatic carbocycles. The summed E-state index contributed by atoms with van der Waals surface area (Å²) in [5.74, 6) is 1.66. The van der Waals surface area contributed by atoms with Crippen molar-refractivity contribution in [1.29, 1.82) is 0 Å². The topological polar surface area (TPSA) is 51.0 Å². The van der Waals surface area contributed by atoms with E-state index in [1.54, 1.807) is 25.5 Å². The number of aliphatic imine (C=N–C) groups is 1. The Kier molecular flexibility index (Phi) is 5.21. The first kappa shape index (κ1) is 14.9. The van der Waals surface area contributed by atoms with Gasteiger partial charge in [0.05, 0.1) is 20.3 Å². The van der Waals surface area contributed by atoms with Crippen LogP contribution < -0.4 is 9.47 Å². The van der Waals surface area contributed by atoms with Gasteiger partial charge in [-0.1, -0.05) is 18.2 Å². The molecule has 0 aromatic heterocycles. The summed E-state index contributed by atoms with van der Waals surface area (Å²) in [6.07, 6.45) is 1.67. The molecule has 0 atom stereocenters. The molecule has 0 bridgehead atoms. The third kappa shape index (κ3) is 3.99. The van der Waals surface area contributed by atoms with Crippen LogP contribution in [0, 0.1) is 0 Å². The molecule has 0 aliphatic heterocycles. The van der Waals surface area contributed by atoms with Gasteiger partial charge in [0.25, 0.3) is 0 Å². The van der Waals surface area contributed by atoms with Crippen molar-refractivity contribution in [3.8, 4) is 17.2 Å². The summed E-state index contributed by atoms with van der Waals surface area (Å²) in [6, 6.07) is 12.8. The van der Waals surface area contributed by atoms with Crippen molar-refractivity contribution >= 4 is 6.21 Å². The van der Waals surface area contributed by atoms with Gasteiger partial charge in [-0.05, 0) is 36.8 Å². The lowest BCUT2D eigenvalue weighted by atomic mass is 10.2. The van der Waals surface area contributed by atoms with Crippen molar-refractivity contribution in [3.63, 3.8) is 0 Å². The van der Waals surface area contributed by atoms with E-state index in [1.807, 2.05) is 37.3 Å². The molecule has 2 aromatic rings. The molecule has 110 valence electrons. The Hall–Kier alpha value is -2.49. The minimum atomic E-state index is 0.228. The van der Waals surface area contributed by atoms with E-state index in [4.69, 9.17) is 9.47 Å². The average Bonchev–Trinajstić information content (AvgIpc) is 2.50. The number of benzene rings is 2. The van der Waals surface area contributed by atoms with Crippen LogP contribution in [0.3, 0.4) is 0 Å². The number of aromatic hydroxyl groups is 1. The number of para-hydroxylation sites is 1. The van der Waals surface area contributed by atoms with Gasteiger partial charge in [0.15, 0.2) is 11.5 Å². The van der Waals surface area contributed by atoms with Crippen molar-refractivity contribution in [2.45, 2.75) is 13.5 Å². The highest BCUT2D eigenvalue weighted by atomic mass is 16.5. The summed E-state index contributed by atoms with van der Waals surface area (Å²) in [6.45, 7) is 3.03. The summed E-state index contributed by atoms with van der Waals surface area (Å²) in [4.78, 5) is 4.35. The highest BCUT2D eigenvalue weighted by molar-refractivity contribution is 5.83. The number of nitrogens with zero attached hydrogens (tertiary/aromatic N) is 1. The van der Waals surface area contributed by atoms with Crippen molar-refractivity contribution in [2.24, 2.45) is 4.99 Å². The Balaban J connectivity index is 2.09. The monoisotopic (exact) mass is 285 g/mol. The normalized spacial score (nSPS) is 10.8. The molecule has 1 N–H and O–H groups in total. The van der Waals surface area contributed by atoms with Crippen LogP contribution in [-0.2, 0) is 6.54 Å². The maximum Gasteiger partial charge on any atom is 0.161 e. The van der Waals surface area contributed by atoms with Crippen LogP contribution >= 0.6 is 0 Å². The first-order valence-corrected chi connectivity index (χ1v) is 6.82. The number of ether oxygens (including phenoxy) is 2. The summed E-state index contributed by atoms with van der Waals surface area (Å²) in [7, 11) is 1.62. The molecule has 21 heavy (non-hydrogen) atoms. The van der Waals surface area contributed by atoms with Crippen molar-refractivity contribution < 1.29 is 14.6 Å². The van der Waals surface area contributed by atoms with Crippen LogP contribution in [0.15, 0.2) is 47.5 Å². The molecule has 0 unspecified atom stereocenters. The second kappa shape index (κ2) is 7.33. The second-order valence-corrected chi connectivity index (χ2v) is 4.45. The number of rotatable bonds is 6. The number of methoxy groups -OCH3 is 1. The Bertz CT molecular complexity index is 623. The number of phenolic OH excluding ortho intramolecular Hbond substituents is 1. The van der Waals surface area contributed by atoms with E-state index in [-0.39, 0.29) is 5.75 Å². The lowest BCUT2D eigenvalue weighted by molar-refractivity contribution is 0.310. The number of hydrogen-bond donors (Lipinski definition) is 1. The molecule has 0 heterocycles. The molecular formula is C17H19NO3. The highest BCUT2D eigenvalue weighted by Crippen LogP contribution is 2.28. The fourth-order valence-corrected chi connectivity index (χ4v) is 1.93. The maximum atomic E-state index is 9.66. The van der Waals surface area contributed by atoms with E-state index in [0.717, 1.165) is 11.3 Å². The Morgan fingerprint density at radius 3 is 2.67 bits per heavy atom. The quantitative estimate of drug-likeness (QED) is 0.827. The number of phenols is 1. The molecule has 0 aliphatic rings. The van der Waals surface area contributed by atoms with Gasteiger partial charge in [-0.3, -0.25) is 4.99 Å². The summed E-state index contributed by atoms with van der Waals surface area (Å²) < 4.78 is 10.8. The lowest BCUT2D eigenvalue weighted by Gasteiger charge is -2.10. The third-order valence-electron chi connectivity index (χ3n) is 2.97. The van der Waals surface area contributed by atoms with Gasteiger partial charge in [-0.15, -0.1) is 0 Å². The van der Waals surface area contributed by atoms with E-state index in [0.29, 0.717) is 24.5 Å². The largest absolute Gasteiger partial charge is 0.507 e. The Morgan fingerprint density at radius 1 is 1.14 bits per heavy atom. The average molecular weight is 285 g/mol. The van der Waals surface area contributed by atoms with Crippen LogP contribution in [0.5, 0.6) is 17.2 Å². The molecule has 4 heteroatoms. The van der Waals surface area contributed by atoms with Gasteiger partial charge < -0.3 is 14.6 Å². The molecule has 0 saturated carbocycles. The standard InChI is InChI=1S/C17H19NO3/c1-3-21-17-10-13(8-9-16(17)20-2)11-18-12-14-6-4-5-7-15(14)19/h4-10,12,19H,3,11H2,1-2H3. The minimum Gasteiger partial charge on any atom is -0.507 e. The van der Waals surface area contributed by atoms with Crippen molar-refractivity contribution in [2.75, 3.05) is 13.7 Å². The van der Waals surface area contributed by atoms with E-state index < -0.39 is 0 Å². The SMILES string of the molecule is CCOc1cc(CN=Cc2ccccc2O)ccc1OC. The Morgan fingerprint density at radius 2 is 1.95 bits per heavy atom. The van der Waals surface area contributed by atoms with E-state index in [2.05, 4.69) is 4.99 Å². The van der Waals surface area contributed by atoms with Crippen molar-refractivity contribution in [3.05, 3.63) is 53.6 Å². The molecule has 2 rings (SSSR count).